The number of hydrogen-bond donors (Lipinski definition) is 1. The van der Waals surface area contributed by atoms with Crippen LogP contribution in [0.15, 0.2) is 35.5 Å². The highest BCUT2D eigenvalue weighted by molar-refractivity contribution is 7.89. The summed E-state index contributed by atoms with van der Waals surface area (Å²) in [6.45, 7) is -0.373. The summed E-state index contributed by atoms with van der Waals surface area (Å²) in [5.74, 6) is 0.727. The van der Waals surface area contributed by atoms with E-state index in [4.69, 9.17) is 9.84 Å². The van der Waals surface area contributed by atoms with Gasteiger partial charge in [-0.1, -0.05) is 12.5 Å². The van der Waals surface area contributed by atoms with Gasteiger partial charge in [0.15, 0.2) is 6.23 Å². The van der Waals surface area contributed by atoms with Crippen molar-refractivity contribution in [3.8, 4) is 0 Å². The van der Waals surface area contributed by atoms with Crippen LogP contribution in [0.4, 0.5) is 0 Å². The molecule has 1 aliphatic carbocycles. The molecule has 0 radical (unpaired) electrons. The number of nitrogens with zero attached hydrogens (tertiary/aromatic N) is 2. The van der Waals surface area contributed by atoms with E-state index in [1.165, 1.54) is 22.0 Å². The summed E-state index contributed by atoms with van der Waals surface area (Å²) < 4.78 is 32.4. The number of hydrogen-bond acceptors (Lipinski definition) is 5. The third-order valence-electron chi connectivity index (χ3n) is 6.00. The van der Waals surface area contributed by atoms with E-state index in [1.54, 1.807) is 7.05 Å². The highest BCUT2D eigenvalue weighted by Crippen LogP contribution is 2.59. The predicted octanol–water partition coefficient (Wildman–Crippen LogP) is 2.27. The first-order chi connectivity index (χ1) is 12.0. The van der Waals surface area contributed by atoms with Gasteiger partial charge in [-0.2, -0.15) is 4.31 Å². The molecule has 0 aromatic heterocycles. The van der Waals surface area contributed by atoms with Crippen molar-refractivity contribution in [2.75, 3.05) is 19.4 Å². The topological polar surface area (TPSA) is 70.1 Å². The first kappa shape index (κ1) is 17.1. The van der Waals surface area contributed by atoms with E-state index in [2.05, 4.69) is 23.4 Å². The lowest BCUT2D eigenvalue weighted by molar-refractivity contribution is 0.0702. The minimum Gasteiger partial charge on any atom is -0.476 e. The van der Waals surface area contributed by atoms with Gasteiger partial charge in [-0.3, -0.25) is 0 Å². The predicted molar refractivity (Wildman–Crippen MR) is 94.3 cm³/mol. The van der Waals surface area contributed by atoms with Gasteiger partial charge >= 0.3 is 0 Å². The van der Waals surface area contributed by atoms with E-state index in [0.717, 1.165) is 37.9 Å². The normalized spacial score (nSPS) is 31.4. The van der Waals surface area contributed by atoms with Gasteiger partial charge in [0.25, 0.3) is 0 Å². The molecule has 0 amide bonds. The Kier molecular flexibility index (Phi) is 4.21. The quantitative estimate of drug-likeness (QED) is 0.826. The Morgan fingerprint density at radius 2 is 2.24 bits per heavy atom. The van der Waals surface area contributed by atoms with Crippen molar-refractivity contribution in [2.24, 2.45) is 5.41 Å². The molecule has 6 nitrogen and oxygen atoms in total. The zero-order valence-corrected chi connectivity index (χ0v) is 15.5. The van der Waals surface area contributed by atoms with Gasteiger partial charge in [0, 0.05) is 25.9 Å². The second-order valence-electron chi connectivity index (χ2n) is 7.38. The Bertz CT molecular complexity index is 755. The van der Waals surface area contributed by atoms with E-state index < -0.39 is 16.3 Å². The van der Waals surface area contributed by atoms with Gasteiger partial charge in [0.1, 0.15) is 5.76 Å². The standard InChI is InChI=1S/C18H26N2O4S/c1-19(25(22,23)11-10-21)16-12-18-8-4-2-6-14(18)13-20-9-5-3-7-15(20)17(18)24-16/h5,9,13,16,21H,2-4,6-8,10-12H2,1H3/t16-,18?/m1/s1. The van der Waals surface area contributed by atoms with Crippen LogP contribution in [0.2, 0.25) is 0 Å². The van der Waals surface area contributed by atoms with E-state index in [-0.39, 0.29) is 17.8 Å². The minimum atomic E-state index is -3.52. The second kappa shape index (κ2) is 6.14. The molecule has 25 heavy (non-hydrogen) atoms. The molecule has 7 heteroatoms. The van der Waals surface area contributed by atoms with Crippen LogP contribution in [-0.4, -0.2) is 48.4 Å². The van der Waals surface area contributed by atoms with Crippen molar-refractivity contribution in [3.05, 3.63) is 35.5 Å². The van der Waals surface area contributed by atoms with Crippen LogP contribution in [0, 0.1) is 5.41 Å². The molecular formula is C18H26N2O4S. The summed E-state index contributed by atoms with van der Waals surface area (Å²) in [7, 11) is -1.95. The van der Waals surface area contributed by atoms with Gasteiger partial charge in [-0.15, -0.1) is 0 Å². The van der Waals surface area contributed by atoms with Gasteiger partial charge in [-0.25, -0.2) is 8.42 Å². The number of aliphatic hydroxyl groups excluding tert-OH is 1. The molecule has 2 atom stereocenters. The molecule has 1 saturated carbocycles. The SMILES string of the molecule is CN([C@H]1CC23CCCCC2=CN2C=CCCC2=C3O1)S(=O)(=O)CCO. The Morgan fingerprint density at radius 1 is 1.40 bits per heavy atom. The van der Waals surface area contributed by atoms with E-state index >= 15 is 0 Å². The molecule has 0 aromatic carbocycles. The highest BCUT2D eigenvalue weighted by atomic mass is 32.2. The van der Waals surface area contributed by atoms with Crippen molar-refractivity contribution < 1.29 is 18.3 Å². The maximum absolute atomic E-state index is 12.4. The molecule has 1 spiro atoms. The summed E-state index contributed by atoms with van der Waals surface area (Å²) in [5.41, 5.74) is 2.42. The second-order valence-corrected chi connectivity index (χ2v) is 9.53. The molecule has 3 aliphatic heterocycles. The molecule has 1 saturated heterocycles. The van der Waals surface area contributed by atoms with Crippen molar-refractivity contribution in [1.82, 2.24) is 9.21 Å². The fraction of sp³-hybridized carbons (Fsp3) is 0.667. The van der Waals surface area contributed by atoms with Crippen LogP contribution in [0.5, 0.6) is 0 Å². The lowest BCUT2D eigenvalue weighted by Crippen LogP contribution is -2.39. The lowest BCUT2D eigenvalue weighted by atomic mass is 9.66. The lowest BCUT2D eigenvalue weighted by Gasteiger charge is -2.42. The third kappa shape index (κ3) is 2.64. The Morgan fingerprint density at radius 3 is 3.04 bits per heavy atom. The average Bonchev–Trinajstić information content (AvgIpc) is 2.98. The van der Waals surface area contributed by atoms with Crippen molar-refractivity contribution in [1.29, 1.82) is 0 Å². The van der Waals surface area contributed by atoms with E-state index in [9.17, 15) is 8.42 Å². The fourth-order valence-electron chi connectivity index (χ4n) is 4.64. The number of rotatable bonds is 4. The van der Waals surface area contributed by atoms with Crippen LogP contribution in [0.1, 0.15) is 44.9 Å². The molecule has 138 valence electrons. The molecule has 4 rings (SSSR count). The summed E-state index contributed by atoms with van der Waals surface area (Å²) in [6, 6.07) is 0. The summed E-state index contributed by atoms with van der Waals surface area (Å²) in [5, 5.41) is 9.06. The molecule has 0 aromatic rings. The molecule has 0 bridgehead atoms. The number of sulfonamides is 1. The number of allylic oxidation sites excluding steroid dienone is 3. The number of fused-ring (bicyclic) bond motifs is 1. The first-order valence-corrected chi connectivity index (χ1v) is 10.7. The smallest absolute Gasteiger partial charge is 0.219 e. The number of aliphatic hydroxyl groups is 1. The molecule has 3 heterocycles. The molecule has 2 fully saturated rings. The maximum atomic E-state index is 12.4. The van der Waals surface area contributed by atoms with E-state index in [1.807, 2.05) is 0 Å². The third-order valence-corrected chi connectivity index (χ3v) is 7.81. The van der Waals surface area contributed by atoms with Crippen LogP contribution >= 0.6 is 0 Å². The van der Waals surface area contributed by atoms with Gasteiger partial charge in [0.2, 0.25) is 10.0 Å². The largest absolute Gasteiger partial charge is 0.476 e. The molecule has 4 aliphatic rings. The monoisotopic (exact) mass is 366 g/mol. The van der Waals surface area contributed by atoms with Gasteiger partial charge in [-0.05, 0) is 37.7 Å². The number of ether oxygens (including phenoxy) is 1. The van der Waals surface area contributed by atoms with Crippen molar-refractivity contribution >= 4 is 10.0 Å². The summed E-state index contributed by atoms with van der Waals surface area (Å²) in [4.78, 5) is 2.17. The molecule has 1 N–H and O–H groups in total. The van der Waals surface area contributed by atoms with Crippen LogP contribution in [-0.2, 0) is 14.8 Å². The average molecular weight is 366 g/mol. The minimum absolute atomic E-state index is 0.136. The Balaban J connectivity index is 1.72. The zero-order valence-electron chi connectivity index (χ0n) is 14.6. The van der Waals surface area contributed by atoms with Crippen LogP contribution in [0.3, 0.4) is 0 Å². The Hall–Kier alpha value is -1.31. The van der Waals surface area contributed by atoms with Crippen molar-refractivity contribution in [2.45, 2.75) is 51.2 Å². The highest BCUT2D eigenvalue weighted by Gasteiger charge is 2.54. The molecule has 1 unspecified atom stereocenters. The molecular weight excluding hydrogens is 340 g/mol. The van der Waals surface area contributed by atoms with Crippen LogP contribution < -0.4 is 0 Å². The van der Waals surface area contributed by atoms with Gasteiger partial charge < -0.3 is 14.7 Å². The van der Waals surface area contributed by atoms with Crippen LogP contribution in [0.25, 0.3) is 0 Å². The maximum Gasteiger partial charge on any atom is 0.219 e. The van der Waals surface area contributed by atoms with Gasteiger partial charge in [0.05, 0.1) is 23.5 Å². The van der Waals surface area contributed by atoms with E-state index in [0.29, 0.717) is 6.42 Å². The first-order valence-electron chi connectivity index (χ1n) is 9.11. The van der Waals surface area contributed by atoms with Crippen molar-refractivity contribution in [3.63, 3.8) is 0 Å². The summed E-state index contributed by atoms with van der Waals surface area (Å²) >= 11 is 0. The Labute approximate surface area is 149 Å². The zero-order chi connectivity index (χ0) is 17.7. The summed E-state index contributed by atoms with van der Waals surface area (Å²) in [6.07, 6.45) is 13.0. The fourth-order valence-corrected chi connectivity index (χ4v) is 5.63.